The van der Waals surface area contributed by atoms with Crippen molar-refractivity contribution in [1.29, 1.82) is 0 Å². The number of hydrogen-bond acceptors (Lipinski definition) is 5. The van der Waals surface area contributed by atoms with E-state index in [2.05, 4.69) is 15.4 Å². The van der Waals surface area contributed by atoms with Crippen molar-refractivity contribution in [3.05, 3.63) is 36.0 Å². The average molecular weight is 312 g/mol. The fourth-order valence-electron chi connectivity index (χ4n) is 2.68. The standard InChI is InChI=1S/C16H16N4O3/c1-10-9-14(18-15(21)13-7-4-8-22-13)20(19-10)16-17-11-5-2-3-6-12(11)23-16/h2-3,5-6,9,13H,4,7-8H2,1H3,(H,18,21). The van der Waals surface area contributed by atoms with Crippen LogP contribution in [0.3, 0.4) is 0 Å². The summed E-state index contributed by atoms with van der Waals surface area (Å²) in [6, 6.07) is 9.58. The van der Waals surface area contributed by atoms with Crippen molar-refractivity contribution in [2.45, 2.75) is 25.9 Å². The van der Waals surface area contributed by atoms with E-state index in [1.807, 2.05) is 31.2 Å². The number of nitrogens with zero attached hydrogens (tertiary/aromatic N) is 3. The van der Waals surface area contributed by atoms with E-state index in [-0.39, 0.29) is 5.91 Å². The van der Waals surface area contributed by atoms with E-state index in [0.29, 0.717) is 24.0 Å². The molecule has 3 heterocycles. The first kappa shape index (κ1) is 14.0. The number of nitrogens with one attached hydrogen (secondary N) is 1. The molecule has 0 bridgehead atoms. The zero-order chi connectivity index (χ0) is 15.8. The maximum absolute atomic E-state index is 12.3. The maximum atomic E-state index is 12.3. The molecule has 1 aliphatic rings. The molecule has 1 aromatic carbocycles. The van der Waals surface area contributed by atoms with Crippen LogP contribution in [0, 0.1) is 6.92 Å². The molecule has 7 nitrogen and oxygen atoms in total. The number of oxazole rings is 1. The highest BCUT2D eigenvalue weighted by molar-refractivity contribution is 5.93. The summed E-state index contributed by atoms with van der Waals surface area (Å²) in [5.41, 5.74) is 2.18. The van der Waals surface area contributed by atoms with Gasteiger partial charge in [-0.05, 0) is 31.9 Å². The fourth-order valence-corrected chi connectivity index (χ4v) is 2.68. The maximum Gasteiger partial charge on any atom is 0.325 e. The van der Waals surface area contributed by atoms with Crippen molar-refractivity contribution in [3.8, 4) is 6.01 Å². The molecule has 1 N–H and O–H groups in total. The van der Waals surface area contributed by atoms with Crippen LogP contribution in [0.2, 0.25) is 0 Å². The monoisotopic (exact) mass is 312 g/mol. The summed E-state index contributed by atoms with van der Waals surface area (Å²) in [5, 5.41) is 7.21. The smallest absolute Gasteiger partial charge is 0.325 e. The van der Waals surface area contributed by atoms with Gasteiger partial charge < -0.3 is 14.5 Å². The number of ether oxygens (including phenoxy) is 1. The van der Waals surface area contributed by atoms with Gasteiger partial charge in [0, 0.05) is 12.7 Å². The molecular weight excluding hydrogens is 296 g/mol. The molecule has 0 radical (unpaired) electrons. The fraction of sp³-hybridized carbons (Fsp3) is 0.312. The molecule has 1 aliphatic heterocycles. The van der Waals surface area contributed by atoms with E-state index in [0.717, 1.165) is 24.1 Å². The lowest BCUT2D eigenvalue weighted by Crippen LogP contribution is -2.27. The molecule has 7 heteroatoms. The molecule has 1 unspecified atom stereocenters. The third-order valence-corrected chi connectivity index (χ3v) is 3.77. The first-order valence-corrected chi connectivity index (χ1v) is 7.56. The van der Waals surface area contributed by atoms with Crippen molar-refractivity contribution in [2.75, 3.05) is 11.9 Å². The summed E-state index contributed by atoms with van der Waals surface area (Å²) in [5.74, 6) is 0.356. The molecule has 4 rings (SSSR count). The second-order valence-corrected chi connectivity index (χ2v) is 5.54. The van der Waals surface area contributed by atoms with Crippen molar-refractivity contribution < 1.29 is 13.9 Å². The second kappa shape index (κ2) is 5.51. The summed E-state index contributed by atoms with van der Waals surface area (Å²) in [6.45, 7) is 2.47. The van der Waals surface area contributed by atoms with Crippen molar-refractivity contribution in [3.63, 3.8) is 0 Å². The van der Waals surface area contributed by atoms with Crippen molar-refractivity contribution in [2.24, 2.45) is 0 Å². The van der Waals surface area contributed by atoms with E-state index >= 15 is 0 Å². The Labute approximate surface area is 132 Å². The van der Waals surface area contributed by atoms with Crippen LogP contribution in [0.1, 0.15) is 18.5 Å². The van der Waals surface area contributed by atoms with Crippen LogP contribution in [0.15, 0.2) is 34.7 Å². The lowest BCUT2D eigenvalue weighted by molar-refractivity contribution is -0.124. The van der Waals surface area contributed by atoms with Gasteiger partial charge >= 0.3 is 6.01 Å². The van der Waals surface area contributed by atoms with Crippen LogP contribution in [-0.2, 0) is 9.53 Å². The number of fused-ring (bicyclic) bond motifs is 1. The van der Waals surface area contributed by atoms with Gasteiger partial charge in [0.15, 0.2) is 5.58 Å². The number of rotatable bonds is 3. The predicted octanol–water partition coefficient (Wildman–Crippen LogP) is 2.44. The third-order valence-electron chi connectivity index (χ3n) is 3.77. The minimum absolute atomic E-state index is 0.167. The predicted molar refractivity (Wildman–Crippen MR) is 83.5 cm³/mol. The highest BCUT2D eigenvalue weighted by atomic mass is 16.5. The van der Waals surface area contributed by atoms with Crippen molar-refractivity contribution >= 4 is 22.8 Å². The Balaban J connectivity index is 1.67. The van der Waals surface area contributed by atoms with Crippen LogP contribution in [-0.4, -0.2) is 33.4 Å². The van der Waals surface area contributed by atoms with Gasteiger partial charge in [-0.3, -0.25) is 4.79 Å². The van der Waals surface area contributed by atoms with Gasteiger partial charge in [-0.2, -0.15) is 14.8 Å². The lowest BCUT2D eigenvalue weighted by atomic mass is 10.2. The molecule has 3 aromatic rings. The first-order chi connectivity index (χ1) is 11.2. The van der Waals surface area contributed by atoms with Crippen LogP contribution in [0.25, 0.3) is 17.1 Å². The molecule has 23 heavy (non-hydrogen) atoms. The molecule has 2 aromatic heterocycles. The molecule has 0 spiro atoms. The van der Waals surface area contributed by atoms with E-state index in [1.165, 1.54) is 4.68 Å². The molecule has 118 valence electrons. The number of anilines is 1. The van der Waals surface area contributed by atoms with E-state index in [9.17, 15) is 4.79 Å². The zero-order valence-electron chi connectivity index (χ0n) is 12.7. The second-order valence-electron chi connectivity index (χ2n) is 5.54. The zero-order valence-corrected chi connectivity index (χ0v) is 12.7. The highest BCUT2D eigenvalue weighted by Crippen LogP contribution is 2.22. The number of aryl methyl sites for hydroxylation is 1. The van der Waals surface area contributed by atoms with E-state index in [1.54, 1.807) is 6.07 Å². The van der Waals surface area contributed by atoms with E-state index < -0.39 is 6.10 Å². The Hall–Kier alpha value is -2.67. The van der Waals surface area contributed by atoms with Crippen LogP contribution in [0.4, 0.5) is 5.82 Å². The molecule has 0 saturated carbocycles. The molecule has 1 atom stereocenters. The Morgan fingerprint density at radius 3 is 3.04 bits per heavy atom. The Kier molecular flexibility index (Phi) is 3.34. The quantitative estimate of drug-likeness (QED) is 0.803. The van der Waals surface area contributed by atoms with Crippen LogP contribution < -0.4 is 5.32 Å². The number of hydrogen-bond donors (Lipinski definition) is 1. The summed E-state index contributed by atoms with van der Waals surface area (Å²) < 4.78 is 12.6. The minimum atomic E-state index is -0.401. The van der Waals surface area contributed by atoms with Gasteiger partial charge in [-0.1, -0.05) is 12.1 Å². The first-order valence-electron chi connectivity index (χ1n) is 7.56. The minimum Gasteiger partial charge on any atom is -0.422 e. The number of carbonyl (C=O) groups excluding carboxylic acids is 1. The van der Waals surface area contributed by atoms with Gasteiger partial charge in [0.25, 0.3) is 5.91 Å². The highest BCUT2D eigenvalue weighted by Gasteiger charge is 2.25. The third kappa shape index (κ3) is 2.59. The molecule has 1 saturated heterocycles. The molecule has 1 amide bonds. The number of carbonyl (C=O) groups is 1. The van der Waals surface area contributed by atoms with Crippen molar-refractivity contribution in [1.82, 2.24) is 14.8 Å². The molecule has 0 aliphatic carbocycles. The summed E-state index contributed by atoms with van der Waals surface area (Å²) in [7, 11) is 0. The van der Waals surface area contributed by atoms with E-state index in [4.69, 9.17) is 9.15 Å². The summed E-state index contributed by atoms with van der Waals surface area (Å²) in [6.07, 6.45) is 1.24. The Morgan fingerprint density at radius 2 is 2.26 bits per heavy atom. The van der Waals surface area contributed by atoms with Crippen LogP contribution >= 0.6 is 0 Å². The number of para-hydroxylation sites is 2. The topological polar surface area (TPSA) is 82.2 Å². The lowest BCUT2D eigenvalue weighted by Gasteiger charge is -2.10. The normalized spacial score (nSPS) is 17.7. The number of benzene rings is 1. The molecular formula is C16H16N4O3. The molecule has 1 fully saturated rings. The van der Waals surface area contributed by atoms with Gasteiger partial charge in [0.1, 0.15) is 17.4 Å². The Bertz CT molecular complexity index is 828. The largest absolute Gasteiger partial charge is 0.422 e. The van der Waals surface area contributed by atoms with Gasteiger partial charge in [-0.25, -0.2) is 0 Å². The average Bonchev–Trinajstić information content (AvgIpc) is 3.25. The number of aromatic nitrogens is 3. The van der Waals surface area contributed by atoms with Crippen LogP contribution in [0.5, 0.6) is 0 Å². The summed E-state index contributed by atoms with van der Waals surface area (Å²) >= 11 is 0. The SMILES string of the molecule is Cc1cc(NC(=O)C2CCCO2)n(-c2nc3ccccc3o2)n1. The van der Waals surface area contributed by atoms with Gasteiger partial charge in [0.2, 0.25) is 0 Å². The van der Waals surface area contributed by atoms with Gasteiger partial charge in [0.05, 0.1) is 5.69 Å². The summed E-state index contributed by atoms with van der Waals surface area (Å²) in [4.78, 5) is 16.7. The van der Waals surface area contributed by atoms with Gasteiger partial charge in [-0.15, -0.1) is 0 Å². The number of amides is 1. The Morgan fingerprint density at radius 1 is 1.39 bits per heavy atom.